The molecule has 4 nitrogen and oxygen atoms in total. The van der Waals surface area contributed by atoms with E-state index in [9.17, 15) is 0 Å². The predicted molar refractivity (Wildman–Crippen MR) is 106 cm³/mol. The molecule has 0 unspecified atom stereocenters. The third-order valence-electron chi connectivity index (χ3n) is 4.37. The van der Waals surface area contributed by atoms with Gasteiger partial charge < -0.3 is 9.32 Å². The van der Waals surface area contributed by atoms with Gasteiger partial charge in [0, 0.05) is 12.2 Å². The van der Waals surface area contributed by atoms with Crippen LogP contribution in [0.5, 0.6) is 0 Å². The molecule has 0 amide bonds. The Hall–Kier alpha value is -3.40. The Morgan fingerprint density at radius 3 is 1.81 bits per heavy atom. The molecule has 27 heavy (non-hydrogen) atoms. The lowest BCUT2D eigenvalue weighted by molar-refractivity contribution is 0.452. The van der Waals surface area contributed by atoms with Gasteiger partial charge in [-0.1, -0.05) is 78.9 Å². The average Bonchev–Trinajstić information content (AvgIpc) is 3.16. The van der Waals surface area contributed by atoms with Gasteiger partial charge in [0.2, 0.25) is 11.8 Å². The molecular weight excluding hydrogens is 334 g/mol. The van der Waals surface area contributed by atoms with Crippen LogP contribution in [0.25, 0.3) is 0 Å². The molecule has 0 atom stereocenters. The lowest BCUT2D eigenvalue weighted by Crippen LogP contribution is -2.22. The highest BCUT2D eigenvalue weighted by atomic mass is 16.4. The first-order chi connectivity index (χ1) is 13.4. The average molecular weight is 355 g/mol. The predicted octanol–water partition coefficient (Wildman–Crippen LogP) is 4.87. The van der Waals surface area contributed by atoms with E-state index in [1.807, 2.05) is 42.5 Å². The third-order valence-corrected chi connectivity index (χ3v) is 4.37. The Bertz CT molecular complexity index is 953. The van der Waals surface area contributed by atoms with Crippen LogP contribution in [-0.4, -0.2) is 10.2 Å². The Kier molecular flexibility index (Phi) is 5.25. The fourth-order valence-electron chi connectivity index (χ4n) is 3.04. The summed E-state index contributed by atoms with van der Waals surface area (Å²) in [5.74, 6) is 1.27. The molecule has 0 saturated heterocycles. The highest BCUT2D eigenvalue weighted by molar-refractivity contribution is 5.46. The minimum absolute atomic E-state index is 0.570. The maximum absolute atomic E-state index is 5.91. The van der Waals surface area contributed by atoms with Gasteiger partial charge in [-0.05, 0) is 23.3 Å². The van der Waals surface area contributed by atoms with Gasteiger partial charge in [0.05, 0.1) is 13.0 Å². The molecule has 0 N–H and O–H groups in total. The number of aromatic nitrogens is 2. The van der Waals surface area contributed by atoms with Crippen LogP contribution in [0.1, 0.15) is 22.9 Å². The maximum atomic E-state index is 5.91. The summed E-state index contributed by atoms with van der Waals surface area (Å²) < 4.78 is 5.91. The van der Waals surface area contributed by atoms with Crippen molar-refractivity contribution in [3.05, 3.63) is 114 Å². The van der Waals surface area contributed by atoms with Crippen LogP contribution in [-0.2, 0) is 19.5 Å². The van der Waals surface area contributed by atoms with E-state index in [0.29, 0.717) is 24.7 Å². The van der Waals surface area contributed by atoms with Crippen molar-refractivity contribution in [1.82, 2.24) is 10.2 Å². The van der Waals surface area contributed by atoms with Crippen LogP contribution in [0.4, 0.5) is 5.69 Å². The lowest BCUT2D eigenvalue weighted by atomic mass is 10.2. The summed E-state index contributed by atoms with van der Waals surface area (Å²) >= 11 is 0. The minimum Gasteiger partial charge on any atom is -0.423 e. The van der Waals surface area contributed by atoms with Crippen molar-refractivity contribution in [3.8, 4) is 0 Å². The second kappa shape index (κ2) is 8.32. The monoisotopic (exact) mass is 355 g/mol. The SMILES string of the molecule is c1ccc(Cc2nnc(CN(Cc3ccccc3)c3ccccc3)o2)cc1. The molecule has 0 saturated carbocycles. The maximum Gasteiger partial charge on any atom is 0.235 e. The lowest BCUT2D eigenvalue weighted by Gasteiger charge is -2.23. The Balaban J connectivity index is 1.51. The molecule has 0 aliphatic heterocycles. The van der Waals surface area contributed by atoms with Crippen molar-refractivity contribution < 1.29 is 4.42 Å². The van der Waals surface area contributed by atoms with Crippen LogP contribution < -0.4 is 4.90 Å². The Morgan fingerprint density at radius 2 is 1.15 bits per heavy atom. The molecule has 134 valence electrons. The number of benzene rings is 3. The van der Waals surface area contributed by atoms with Crippen molar-refractivity contribution in [1.29, 1.82) is 0 Å². The van der Waals surface area contributed by atoms with E-state index in [2.05, 4.69) is 63.6 Å². The number of rotatable bonds is 7. The topological polar surface area (TPSA) is 42.2 Å². The fraction of sp³-hybridized carbons (Fsp3) is 0.130. The first-order valence-electron chi connectivity index (χ1n) is 9.06. The molecule has 3 aromatic carbocycles. The Labute approximate surface area is 159 Å². The molecule has 1 heterocycles. The third kappa shape index (κ3) is 4.61. The van der Waals surface area contributed by atoms with Gasteiger partial charge in [0.1, 0.15) is 0 Å². The van der Waals surface area contributed by atoms with Crippen molar-refractivity contribution in [2.75, 3.05) is 4.90 Å². The molecule has 1 aromatic heterocycles. The standard InChI is InChI=1S/C23H21N3O/c1-4-10-19(11-5-1)16-22-24-25-23(27-22)18-26(21-14-8-3-9-15-21)17-20-12-6-2-7-13-20/h1-15H,16-18H2. The van der Waals surface area contributed by atoms with Crippen molar-refractivity contribution in [2.45, 2.75) is 19.5 Å². The zero-order chi connectivity index (χ0) is 18.3. The molecule has 4 rings (SSSR count). The van der Waals surface area contributed by atoms with E-state index in [1.165, 1.54) is 5.56 Å². The summed E-state index contributed by atoms with van der Waals surface area (Å²) in [7, 11) is 0. The van der Waals surface area contributed by atoms with E-state index in [1.54, 1.807) is 0 Å². The molecule has 4 aromatic rings. The molecule has 0 spiro atoms. The highest BCUT2D eigenvalue weighted by Crippen LogP contribution is 2.20. The van der Waals surface area contributed by atoms with E-state index in [-0.39, 0.29) is 0 Å². The second-order valence-corrected chi connectivity index (χ2v) is 6.43. The minimum atomic E-state index is 0.570. The van der Waals surface area contributed by atoms with Gasteiger partial charge in [-0.2, -0.15) is 0 Å². The van der Waals surface area contributed by atoms with Gasteiger partial charge in [0.15, 0.2) is 0 Å². The molecule has 0 aliphatic carbocycles. The number of para-hydroxylation sites is 1. The summed E-state index contributed by atoms with van der Waals surface area (Å²) in [4.78, 5) is 2.25. The summed E-state index contributed by atoms with van der Waals surface area (Å²) in [6, 6.07) is 30.9. The number of hydrogen-bond acceptors (Lipinski definition) is 4. The van der Waals surface area contributed by atoms with Gasteiger partial charge in [-0.25, -0.2) is 0 Å². The van der Waals surface area contributed by atoms with Crippen molar-refractivity contribution in [3.63, 3.8) is 0 Å². The van der Waals surface area contributed by atoms with Gasteiger partial charge in [-0.15, -0.1) is 10.2 Å². The van der Waals surface area contributed by atoms with Gasteiger partial charge in [0.25, 0.3) is 0 Å². The molecule has 0 aliphatic rings. The fourth-order valence-corrected chi connectivity index (χ4v) is 3.04. The van der Waals surface area contributed by atoms with Crippen LogP contribution >= 0.6 is 0 Å². The van der Waals surface area contributed by atoms with Gasteiger partial charge in [-0.3, -0.25) is 0 Å². The quantitative estimate of drug-likeness (QED) is 0.474. The summed E-state index contributed by atoms with van der Waals surface area (Å²) in [5, 5.41) is 8.48. The summed E-state index contributed by atoms with van der Waals surface area (Å²) in [5.41, 5.74) is 3.53. The normalized spacial score (nSPS) is 10.7. The first kappa shape index (κ1) is 17.0. The summed E-state index contributed by atoms with van der Waals surface area (Å²) in [6.07, 6.45) is 0.651. The molecule has 0 radical (unpaired) electrons. The molecule has 0 fully saturated rings. The largest absolute Gasteiger partial charge is 0.423 e. The van der Waals surface area contributed by atoms with E-state index < -0.39 is 0 Å². The smallest absolute Gasteiger partial charge is 0.235 e. The van der Waals surface area contributed by atoms with E-state index >= 15 is 0 Å². The van der Waals surface area contributed by atoms with E-state index in [4.69, 9.17) is 4.42 Å². The number of anilines is 1. The van der Waals surface area contributed by atoms with Crippen LogP contribution in [0.3, 0.4) is 0 Å². The molecule has 0 bridgehead atoms. The van der Waals surface area contributed by atoms with Gasteiger partial charge >= 0.3 is 0 Å². The zero-order valence-electron chi connectivity index (χ0n) is 15.0. The summed E-state index contributed by atoms with van der Waals surface area (Å²) in [6.45, 7) is 1.35. The van der Waals surface area contributed by atoms with Crippen LogP contribution in [0, 0.1) is 0 Å². The van der Waals surface area contributed by atoms with Crippen molar-refractivity contribution >= 4 is 5.69 Å². The second-order valence-electron chi connectivity index (χ2n) is 6.43. The molecule has 4 heteroatoms. The van der Waals surface area contributed by atoms with Crippen molar-refractivity contribution in [2.24, 2.45) is 0 Å². The highest BCUT2D eigenvalue weighted by Gasteiger charge is 2.13. The molecular formula is C23H21N3O. The Morgan fingerprint density at radius 1 is 0.593 bits per heavy atom. The first-order valence-corrected chi connectivity index (χ1v) is 9.06. The zero-order valence-corrected chi connectivity index (χ0v) is 15.0. The van der Waals surface area contributed by atoms with E-state index in [0.717, 1.165) is 17.8 Å². The van der Waals surface area contributed by atoms with Crippen LogP contribution in [0.15, 0.2) is 95.4 Å². The number of nitrogens with zero attached hydrogens (tertiary/aromatic N) is 3. The van der Waals surface area contributed by atoms with Crippen LogP contribution in [0.2, 0.25) is 0 Å². The number of hydrogen-bond donors (Lipinski definition) is 0.